The molecule has 0 radical (unpaired) electrons. The van der Waals surface area contributed by atoms with E-state index < -0.39 is 0 Å². The Morgan fingerprint density at radius 3 is 2.33 bits per heavy atom. The molecule has 0 N–H and O–H groups in total. The van der Waals surface area contributed by atoms with Gasteiger partial charge in [0.05, 0.1) is 32.6 Å². The van der Waals surface area contributed by atoms with Crippen molar-refractivity contribution in [2.75, 3.05) is 47.5 Å². The van der Waals surface area contributed by atoms with E-state index in [1.54, 1.807) is 33.5 Å². The van der Waals surface area contributed by atoms with E-state index in [2.05, 4.69) is 4.90 Å². The number of aryl methyl sites for hydroxylation is 1. The molecule has 4 rings (SSSR count). The van der Waals surface area contributed by atoms with Gasteiger partial charge >= 0.3 is 0 Å². The molecule has 2 aromatic carbocycles. The SMILES string of the molecule is COc1ccc(C(=O)N2CCN(Cc3nc(-c4cccc(OC)c4OC)oc3C)CC2)cc1. The van der Waals surface area contributed by atoms with Crippen LogP contribution in [0.2, 0.25) is 0 Å². The number of piperazine rings is 1. The fraction of sp³-hybridized carbons (Fsp3) is 0.360. The number of hydrogen-bond acceptors (Lipinski definition) is 7. The van der Waals surface area contributed by atoms with Crippen LogP contribution >= 0.6 is 0 Å². The highest BCUT2D eigenvalue weighted by Crippen LogP contribution is 2.38. The highest BCUT2D eigenvalue weighted by molar-refractivity contribution is 5.94. The van der Waals surface area contributed by atoms with E-state index in [1.807, 2.05) is 42.2 Å². The van der Waals surface area contributed by atoms with Gasteiger partial charge in [-0.2, -0.15) is 0 Å². The van der Waals surface area contributed by atoms with Crippen molar-refractivity contribution in [2.24, 2.45) is 0 Å². The molecule has 0 unspecified atom stereocenters. The molecule has 174 valence electrons. The molecule has 1 amide bonds. The highest BCUT2D eigenvalue weighted by Gasteiger charge is 2.24. The third-order valence-electron chi connectivity index (χ3n) is 5.90. The summed E-state index contributed by atoms with van der Waals surface area (Å²) >= 11 is 0. The van der Waals surface area contributed by atoms with Gasteiger partial charge in [-0.05, 0) is 43.3 Å². The second kappa shape index (κ2) is 9.95. The van der Waals surface area contributed by atoms with Crippen LogP contribution in [0.1, 0.15) is 21.8 Å². The van der Waals surface area contributed by atoms with Gasteiger partial charge in [-0.1, -0.05) is 6.07 Å². The molecular formula is C25H29N3O5. The van der Waals surface area contributed by atoms with Crippen LogP contribution < -0.4 is 14.2 Å². The average Bonchev–Trinajstić information content (AvgIpc) is 3.23. The minimum absolute atomic E-state index is 0.0438. The lowest BCUT2D eigenvalue weighted by Gasteiger charge is -2.34. The molecule has 3 aromatic rings. The molecule has 1 aromatic heterocycles. The minimum atomic E-state index is 0.0438. The summed E-state index contributed by atoms with van der Waals surface area (Å²) in [6.45, 7) is 5.45. The number of benzene rings is 2. The maximum Gasteiger partial charge on any atom is 0.253 e. The number of methoxy groups -OCH3 is 3. The van der Waals surface area contributed by atoms with Crippen LogP contribution in [-0.4, -0.2) is 68.2 Å². The summed E-state index contributed by atoms with van der Waals surface area (Å²) in [5, 5.41) is 0. The number of rotatable bonds is 7. The highest BCUT2D eigenvalue weighted by atomic mass is 16.5. The Labute approximate surface area is 193 Å². The van der Waals surface area contributed by atoms with Crippen molar-refractivity contribution in [3.8, 4) is 28.7 Å². The first-order valence-corrected chi connectivity index (χ1v) is 10.9. The number of aromatic nitrogens is 1. The first-order valence-electron chi connectivity index (χ1n) is 10.9. The van der Waals surface area contributed by atoms with Crippen molar-refractivity contribution in [1.82, 2.24) is 14.8 Å². The number of ether oxygens (including phenoxy) is 3. The molecule has 33 heavy (non-hydrogen) atoms. The van der Waals surface area contributed by atoms with Crippen LogP contribution in [0.25, 0.3) is 11.5 Å². The first kappa shape index (κ1) is 22.7. The maximum atomic E-state index is 12.8. The summed E-state index contributed by atoms with van der Waals surface area (Å²) in [6, 6.07) is 12.9. The fourth-order valence-corrected chi connectivity index (χ4v) is 3.98. The Bertz CT molecular complexity index is 1100. The molecule has 1 aliphatic rings. The summed E-state index contributed by atoms with van der Waals surface area (Å²) in [5.41, 5.74) is 2.30. The average molecular weight is 452 g/mol. The van der Waals surface area contributed by atoms with Crippen molar-refractivity contribution < 1.29 is 23.4 Å². The lowest BCUT2D eigenvalue weighted by Crippen LogP contribution is -2.48. The van der Waals surface area contributed by atoms with Crippen molar-refractivity contribution in [3.63, 3.8) is 0 Å². The van der Waals surface area contributed by atoms with Gasteiger partial charge in [0, 0.05) is 38.3 Å². The summed E-state index contributed by atoms with van der Waals surface area (Å²) in [7, 11) is 4.82. The lowest BCUT2D eigenvalue weighted by molar-refractivity contribution is 0.0626. The van der Waals surface area contributed by atoms with Gasteiger partial charge in [0.1, 0.15) is 11.5 Å². The van der Waals surface area contributed by atoms with Crippen LogP contribution in [0.15, 0.2) is 46.9 Å². The zero-order valence-corrected chi connectivity index (χ0v) is 19.5. The molecule has 2 heterocycles. The number of carbonyl (C=O) groups is 1. The van der Waals surface area contributed by atoms with Gasteiger partial charge in [-0.3, -0.25) is 9.69 Å². The number of oxazole rings is 1. The molecule has 1 fully saturated rings. The standard InChI is InChI=1S/C25H29N3O5/c1-17-21(26-24(33-17)20-6-5-7-22(31-3)23(20)32-4)16-27-12-14-28(15-13-27)25(29)18-8-10-19(30-2)11-9-18/h5-11H,12-16H2,1-4H3. The van der Waals surface area contributed by atoms with Gasteiger partial charge in [0.2, 0.25) is 5.89 Å². The van der Waals surface area contributed by atoms with E-state index >= 15 is 0 Å². The normalized spacial score (nSPS) is 14.2. The van der Waals surface area contributed by atoms with Crippen LogP contribution in [0.3, 0.4) is 0 Å². The van der Waals surface area contributed by atoms with E-state index in [-0.39, 0.29) is 5.91 Å². The van der Waals surface area contributed by atoms with E-state index in [4.69, 9.17) is 23.6 Å². The predicted molar refractivity (Wildman–Crippen MR) is 124 cm³/mol. The molecule has 8 nitrogen and oxygen atoms in total. The first-order chi connectivity index (χ1) is 16.0. The molecule has 0 atom stereocenters. The van der Waals surface area contributed by atoms with Crippen LogP contribution in [-0.2, 0) is 6.54 Å². The Balaban J connectivity index is 1.40. The predicted octanol–water partition coefficient (Wildman–Crippen LogP) is 3.63. The smallest absolute Gasteiger partial charge is 0.253 e. The molecule has 1 aliphatic heterocycles. The Kier molecular flexibility index (Phi) is 6.84. The van der Waals surface area contributed by atoms with Gasteiger partial charge in [-0.25, -0.2) is 4.98 Å². The van der Waals surface area contributed by atoms with Gasteiger partial charge < -0.3 is 23.5 Å². The Hall–Kier alpha value is -3.52. The summed E-state index contributed by atoms with van der Waals surface area (Å²) in [4.78, 5) is 21.7. The van der Waals surface area contributed by atoms with Crippen LogP contribution in [0.5, 0.6) is 17.2 Å². The minimum Gasteiger partial charge on any atom is -0.497 e. The quantitative estimate of drug-likeness (QED) is 0.543. The zero-order valence-electron chi connectivity index (χ0n) is 19.5. The van der Waals surface area contributed by atoms with Crippen molar-refractivity contribution >= 4 is 5.91 Å². The lowest BCUT2D eigenvalue weighted by atomic mass is 10.1. The van der Waals surface area contributed by atoms with E-state index in [0.717, 1.165) is 35.9 Å². The topological polar surface area (TPSA) is 77.3 Å². The Morgan fingerprint density at radius 1 is 0.970 bits per heavy atom. The van der Waals surface area contributed by atoms with E-state index in [9.17, 15) is 4.79 Å². The number of nitrogens with zero attached hydrogens (tertiary/aromatic N) is 3. The second-order valence-electron chi connectivity index (χ2n) is 7.86. The number of carbonyl (C=O) groups excluding carboxylic acids is 1. The van der Waals surface area contributed by atoms with Gasteiger partial charge in [0.25, 0.3) is 5.91 Å². The van der Waals surface area contributed by atoms with Crippen molar-refractivity contribution in [1.29, 1.82) is 0 Å². The summed E-state index contributed by atoms with van der Waals surface area (Å²) < 4.78 is 22.1. The van der Waals surface area contributed by atoms with Crippen molar-refractivity contribution in [2.45, 2.75) is 13.5 Å². The number of amides is 1. The number of hydrogen-bond donors (Lipinski definition) is 0. The van der Waals surface area contributed by atoms with E-state index in [0.29, 0.717) is 42.6 Å². The molecule has 0 saturated carbocycles. The third-order valence-corrected chi connectivity index (χ3v) is 5.90. The molecule has 1 saturated heterocycles. The maximum absolute atomic E-state index is 12.8. The Morgan fingerprint density at radius 2 is 1.70 bits per heavy atom. The molecular weight excluding hydrogens is 422 g/mol. The zero-order chi connectivity index (χ0) is 23.4. The molecule has 8 heteroatoms. The molecule has 0 aliphatic carbocycles. The molecule has 0 spiro atoms. The van der Waals surface area contributed by atoms with Crippen molar-refractivity contribution in [3.05, 3.63) is 59.5 Å². The van der Waals surface area contributed by atoms with Gasteiger partial charge in [0.15, 0.2) is 11.5 Å². The number of para-hydroxylation sites is 1. The van der Waals surface area contributed by atoms with Crippen LogP contribution in [0, 0.1) is 6.92 Å². The second-order valence-corrected chi connectivity index (χ2v) is 7.86. The summed E-state index contributed by atoms with van der Waals surface area (Å²) in [6.07, 6.45) is 0. The van der Waals surface area contributed by atoms with Gasteiger partial charge in [-0.15, -0.1) is 0 Å². The fourth-order valence-electron chi connectivity index (χ4n) is 3.98. The molecule has 0 bridgehead atoms. The van der Waals surface area contributed by atoms with E-state index in [1.165, 1.54) is 0 Å². The largest absolute Gasteiger partial charge is 0.497 e. The third kappa shape index (κ3) is 4.80. The monoisotopic (exact) mass is 451 g/mol. The van der Waals surface area contributed by atoms with Crippen LogP contribution in [0.4, 0.5) is 0 Å². The summed E-state index contributed by atoms with van der Waals surface area (Å²) in [5.74, 6) is 3.29.